The van der Waals surface area contributed by atoms with Crippen molar-refractivity contribution < 1.29 is 22.7 Å². The third kappa shape index (κ3) is 3.29. The number of urea groups is 1. The van der Waals surface area contributed by atoms with Crippen molar-refractivity contribution >= 4 is 17.1 Å². The van der Waals surface area contributed by atoms with Crippen molar-refractivity contribution in [1.82, 2.24) is 14.9 Å². The van der Waals surface area contributed by atoms with E-state index in [9.17, 15) is 18.0 Å². The van der Waals surface area contributed by atoms with Crippen LogP contribution in [0.5, 0.6) is 0 Å². The van der Waals surface area contributed by atoms with Gasteiger partial charge in [0.2, 0.25) is 0 Å². The first-order valence-corrected chi connectivity index (χ1v) is 9.89. The Morgan fingerprint density at radius 3 is 2.77 bits per heavy atom. The van der Waals surface area contributed by atoms with Crippen LogP contribution in [-0.4, -0.2) is 27.4 Å². The molecule has 0 radical (unpaired) electrons. The summed E-state index contributed by atoms with van der Waals surface area (Å²) < 4.78 is 45.6. The fourth-order valence-corrected chi connectivity index (χ4v) is 4.63. The highest BCUT2D eigenvalue weighted by Gasteiger charge is 2.47. The van der Waals surface area contributed by atoms with Crippen molar-refractivity contribution in [1.29, 1.82) is 0 Å². The average molecular weight is 428 g/mol. The second-order valence-corrected chi connectivity index (χ2v) is 7.94. The van der Waals surface area contributed by atoms with E-state index in [2.05, 4.69) is 9.97 Å². The molecule has 31 heavy (non-hydrogen) atoms. The Bertz CT molecular complexity index is 1180. The van der Waals surface area contributed by atoms with Crippen molar-refractivity contribution in [3.05, 3.63) is 71.0 Å². The van der Waals surface area contributed by atoms with Gasteiger partial charge in [0.15, 0.2) is 0 Å². The molecular formula is C22H19F3N4O2. The molecule has 4 heterocycles. The van der Waals surface area contributed by atoms with Gasteiger partial charge >= 0.3 is 12.2 Å². The third-order valence-corrected chi connectivity index (χ3v) is 6.18. The Balaban J connectivity index is 1.57. The van der Waals surface area contributed by atoms with E-state index in [1.165, 1.54) is 4.90 Å². The standard InChI is InChI=1S/C22H19F3N4O2/c23-22(24,25)14-9-18-16(27-11-14)5-6-17(28-18)19-10-21(7-8-29(19)20(26)30)15-4-2-1-3-13(15)12-31-21/h1-6,9,11,19H,7-8,10,12H2,(H2,26,30). The number of halogens is 3. The normalized spacial score (nSPS) is 23.3. The van der Waals surface area contributed by atoms with Crippen LogP contribution in [0.2, 0.25) is 0 Å². The van der Waals surface area contributed by atoms with Crippen LogP contribution in [0.1, 0.15) is 41.3 Å². The number of ether oxygens (including phenoxy) is 1. The number of carbonyl (C=O) groups excluding carboxylic acids is 1. The molecule has 0 bridgehead atoms. The van der Waals surface area contributed by atoms with Crippen LogP contribution in [0.25, 0.3) is 11.0 Å². The molecule has 2 N–H and O–H groups in total. The van der Waals surface area contributed by atoms with Crippen molar-refractivity contribution in [2.45, 2.75) is 37.3 Å². The highest BCUT2D eigenvalue weighted by atomic mass is 19.4. The first-order valence-electron chi connectivity index (χ1n) is 9.89. The Labute approximate surface area is 175 Å². The van der Waals surface area contributed by atoms with Gasteiger partial charge in [-0.3, -0.25) is 4.98 Å². The third-order valence-electron chi connectivity index (χ3n) is 6.18. The number of rotatable bonds is 1. The summed E-state index contributed by atoms with van der Waals surface area (Å²) in [7, 11) is 0. The largest absolute Gasteiger partial charge is 0.417 e. The van der Waals surface area contributed by atoms with Gasteiger partial charge in [-0.15, -0.1) is 0 Å². The van der Waals surface area contributed by atoms with E-state index in [1.54, 1.807) is 12.1 Å². The smallest absolute Gasteiger partial charge is 0.365 e. The van der Waals surface area contributed by atoms with Crippen LogP contribution in [0.3, 0.4) is 0 Å². The number of hydrogen-bond acceptors (Lipinski definition) is 4. The van der Waals surface area contributed by atoms with Gasteiger partial charge in [0.25, 0.3) is 0 Å². The van der Waals surface area contributed by atoms with Crippen LogP contribution in [0, 0.1) is 0 Å². The number of primary amides is 1. The van der Waals surface area contributed by atoms with Crippen molar-refractivity contribution in [3.63, 3.8) is 0 Å². The van der Waals surface area contributed by atoms with E-state index >= 15 is 0 Å². The van der Waals surface area contributed by atoms with Gasteiger partial charge < -0.3 is 15.4 Å². The van der Waals surface area contributed by atoms with Crippen LogP contribution in [0.4, 0.5) is 18.0 Å². The number of alkyl halides is 3. The van der Waals surface area contributed by atoms with Crippen molar-refractivity contribution in [2.24, 2.45) is 5.73 Å². The summed E-state index contributed by atoms with van der Waals surface area (Å²) >= 11 is 0. The summed E-state index contributed by atoms with van der Waals surface area (Å²) in [6.07, 6.45) is -2.73. The zero-order valence-corrected chi connectivity index (χ0v) is 16.4. The molecule has 9 heteroatoms. The lowest BCUT2D eigenvalue weighted by Crippen LogP contribution is -2.49. The first-order chi connectivity index (χ1) is 14.8. The number of benzene rings is 1. The quantitative estimate of drug-likeness (QED) is 0.627. The molecule has 1 aromatic carbocycles. The summed E-state index contributed by atoms with van der Waals surface area (Å²) in [5.74, 6) is 0. The molecule has 2 amide bonds. The van der Waals surface area contributed by atoms with E-state index in [4.69, 9.17) is 10.5 Å². The predicted molar refractivity (Wildman–Crippen MR) is 106 cm³/mol. The average Bonchev–Trinajstić information content (AvgIpc) is 3.10. The van der Waals surface area contributed by atoms with Gasteiger partial charge in [-0.05, 0) is 35.7 Å². The molecule has 6 nitrogen and oxygen atoms in total. The second kappa shape index (κ2) is 6.91. The molecule has 0 saturated carbocycles. The predicted octanol–water partition coefficient (Wildman–Crippen LogP) is 4.29. The van der Waals surface area contributed by atoms with Crippen molar-refractivity contribution in [2.75, 3.05) is 6.54 Å². The van der Waals surface area contributed by atoms with E-state index < -0.39 is 29.4 Å². The number of pyridine rings is 2. The van der Waals surface area contributed by atoms with Gasteiger partial charge in [-0.2, -0.15) is 13.2 Å². The number of carbonyl (C=O) groups is 1. The minimum atomic E-state index is -4.52. The fraction of sp³-hybridized carbons (Fsp3) is 0.318. The SMILES string of the molecule is NC(=O)N1CCC2(CC1c1ccc3ncc(C(F)(F)F)cc3n1)OCc1ccccc12. The maximum absolute atomic E-state index is 13.1. The minimum Gasteiger partial charge on any atom is -0.365 e. The molecule has 1 fully saturated rings. The van der Waals surface area contributed by atoms with Gasteiger partial charge in [0.1, 0.15) is 0 Å². The van der Waals surface area contributed by atoms with Crippen LogP contribution < -0.4 is 5.73 Å². The van der Waals surface area contributed by atoms with Gasteiger partial charge in [0, 0.05) is 19.2 Å². The summed E-state index contributed by atoms with van der Waals surface area (Å²) in [4.78, 5) is 22.0. The first kappa shape index (κ1) is 19.7. The highest BCUT2D eigenvalue weighted by molar-refractivity contribution is 5.76. The Hall–Kier alpha value is -3.20. The van der Waals surface area contributed by atoms with Gasteiger partial charge in [-0.1, -0.05) is 24.3 Å². The van der Waals surface area contributed by atoms with E-state index in [1.807, 2.05) is 24.3 Å². The number of amides is 2. The van der Waals surface area contributed by atoms with E-state index in [0.717, 1.165) is 23.4 Å². The summed E-state index contributed by atoms with van der Waals surface area (Å²) in [5, 5.41) is 0. The van der Waals surface area contributed by atoms with Crippen molar-refractivity contribution in [3.8, 4) is 0 Å². The number of aromatic nitrogens is 2. The number of piperidine rings is 1. The maximum Gasteiger partial charge on any atom is 0.417 e. The van der Waals surface area contributed by atoms with Crippen LogP contribution in [-0.2, 0) is 23.1 Å². The Morgan fingerprint density at radius 2 is 2.00 bits per heavy atom. The Kier molecular flexibility index (Phi) is 4.40. The molecular weight excluding hydrogens is 409 g/mol. The zero-order chi connectivity index (χ0) is 21.8. The number of nitrogens with zero attached hydrogens (tertiary/aromatic N) is 3. The molecule has 5 rings (SSSR count). The lowest BCUT2D eigenvalue weighted by molar-refractivity contribution is -0.137. The molecule has 2 unspecified atom stereocenters. The number of nitrogens with two attached hydrogens (primary N) is 1. The molecule has 1 saturated heterocycles. The van der Waals surface area contributed by atoms with Crippen LogP contribution >= 0.6 is 0 Å². The minimum absolute atomic E-state index is 0.115. The van der Waals surface area contributed by atoms with E-state index in [-0.39, 0.29) is 5.52 Å². The molecule has 2 aliphatic rings. The number of fused-ring (bicyclic) bond motifs is 3. The highest BCUT2D eigenvalue weighted by Crippen LogP contribution is 2.49. The molecule has 2 aliphatic heterocycles. The molecule has 2 aromatic heterocycles. The molecule has 160 valence electrons. The zero-order valence-electron chi connectivity index (χ0n) is 16.4. The maximum atomic E-state index is 13.1. The lowest BCUT2D eigenvalue weighted by atomic mass is 9.79. The van der Waals surface area contributed by atoms with Gasteiger partial charge in [0.05, 0.1) is 40.5 Å². The number of likely N-dealkylation sites (tertiary alicyclic amines) is 1. The topological polar surface area (TPSA) is 81.3 Å². The Morgan fingerprint density at radius 1 is 1.19 bits per heavy atom. The van der Waals surface area contributed by atoms with Gasteiger partial charge in [-0.25, -0.2) is 9.78 Å². The monoisotopic (exact) mass is 428 g/mol. The lowest BCUT2D eigenvalue weighted by Gasteiger charge is -2.44. The summed E-state index contributed by atoms with van der Waals surface area (Å²) in [6, 6.07) is 11.1. The molecule has 1 spiro atoms. The summed E-state index contributed by atoms with van der Waals surface area (Å²) in [6.45, 7) is 0.832. The molecule has 3 aromatic rings. The summed E-state index contributed by atoms with van der Waals surface area (Å²) in [5.41, 5.74) is 7.26. The second-order valence-electron chi connectivity index (χ2n) is 7.94. The molecule has 2 atom stereocenters. The van der Waals surface area contributed by atoms with E-state index in [0.29, 0.717) is 37.2 Å². The van der Waals surface area contributed by atoms with Crippen LogP contribution in [0.15, 0.2) is 48.7 Å². The fourth-order valence-electron chi connectivity index (χ4n) is 4.63. The molecule has 0 aliphatic carbocycles. The number of hydrogen-bond donors (Lipinski definition) is 1.